The monoisotopic (exact) mass is 252 g/mol. The number of likely N-dealkylation sites (N-methyl/N-ethyl adjacent to an activating group) is 1. The molecule has 3 fully saturated rings. The smallest absolute Gasteiger partial charge is 0.0661 e. The lowest BCUT2D eigenvalue weighted by Crippen LogP contribution is -2.68. The van der Waals surface area contributed by atoms with E-state index in [0.717, 1.165) is 18.7 Å². The van der Waals surface area contributed by atoms with Crippen molar-refractivity contribution in [1.29, 1.82) is 0 Å². The average molecular weight is 252 g/mol. The number of nitrogens with one attached hydrogen (secondary N) is 1. The highest BCUT2D eigenvalue weighted by Crippen LogP contribution is 2.57. The van der Waals surface area contributed by atoms with Gasteiger partial charge in [0.15, 0.2) is 0 Å². The van der Waals surface area contributed by atoms with E-state index in [1.165, 1.54) is 38.6 Å². The van der Waals surface area contributed by atoms with Crippen LogP contribution in [-0.2, 0) is 4.74 Å². The van der Waals surface area contributed by atoms with E-state index in [2.05, 4.69) is 31.1 Å². The van der Waals surface area contributed by atoms with Gasteiger partial charge in [-0.05, 0) is 46.6 Å². The Morgan fingerprint density at radius 2 is 2.11 bits per heavy atom. The number of hydrogen-bond acceptors (Lipinski definition) is 3. The molecule has 3 heteroatoms. The molecule has 2 aliphatic carbocycles. The minimum Gasteiger partial charge on any atom is -0.378 e. The van der Waals surface area contributed by atoms with Crippen LogP contribution in [0.15, 0.2) is 0 Å². The third-order valence-electron chi connectivity index (χ3n) is 5.76. The molecule has 1 heterocycles. The lowest BCUT2D eigenvalue weighted by atomic mass is 9.51. The second-order valence-electron chi connectivity index (χ2n) is 6.71. The van der Waals surface area contributed by atoms with E-state index in [1.807, 2.05) is 0 Å². The van der Waals surface area contributed by atoms with Crippen LogP contribution in [0.25, 0.3) is 0 Å². The lowest BCUT2D eigenvalue weighted by molar-refractivity contribution is -0.174. The predicted molar refractivity (Wildman–Crippen MR) is 73.7 cm³/mol. The Balaban J connectivity index is 1.55. The van der Waals surface area contributed by atoms with Gasteiger partial charge in [0, 0.05) is 36.7 Å². The van der Waals surface area contributed by atoms with E-state index in [-0.39, 0.29) is 0 Å². The normalized spacial score (nSPS) is 42.8. The molecule has 1 aliphatic heterocycles. The van der Waals surface area contributed by atoms with Gasteiger partial charge in [0.25, 0.3) is 0 Å². The van der Waals surface area contributed by atoms with E-state index < -0.39 is 0 Å². The molecule has 3 nitrogen and oxygen atoms in total. The Morgan fingerprint density at radius 1 is 1.33 bits per heavy atom. The zero-order valence-electron chi connectivity index (χ0n) is 12.1. The Labute approximate surface area is 111 Å². The van der Waals surface area contributed by atoms with Crippen LogP contribution in [0, 0.1) is 5.41 Å². The van der Waals surface area contributed by atoms with Crippen LogP contribution in [-0.4, -0.2) is 49.3 Å². The molecule has 0 bridgehead atoms. The highest BCUT2D eigenvalue weighted by Gasteiger charge is 2.59. The van der Waals surface area contributed by atoms with Crippen molar-refractivity contribution in [3.63, 3.8) is 0 Å². The largest absolute Gasteiger partial charge is 0.378 e. The van der Waals surface area contributed by atoms with Gasteiger partial charge in [-0.2, -0.15) is 0 Å². The van der Waals surface area contributed by atoms with Crippen LogP contribution in [0.2, 0.25) is 0 Å². The number of ether oxygens (including phenoxy) is 1. The summed E-state index contributed by atoms with van der Waals surface area (Å²) in [5.74, 6) is 0. The molecular formula is C15H28N2O. The first-order valence-corrected chi connectivity index (χ1v) is 7.73. The standard InChI is InChI=1S/C15H28N2O/c1-4-18-14-9-13(15(14)6-5-7-15)16-12-8-11(2)17(3)10-12/h11-14,16H,4-10H2,1-3H3/t11-,12-,13-,14+/m0/s1. The maximum atomic E-state index is 5.92. The lowest BCUT2D eigenvalue weighted by Gasteiger charge is -2.61. The second-order valence-corrected chi connectivity index (χ2v) is 6.71. The Morgan fingerprint density at radius 3 is 2.61 bits per heavy atom. The molecule has 0 unspecified atom stereocenters. The highest BCUT2D eigenvalue weighted by atomic mass is 16.5. The van der Waals surface area contributed by atoms with Crippen LogP contribution in [0.1, 0.15) is 46.0 Å². The fraction of sp³-hybridized carbons (Fsp3) is 1.00. The molecule has 3 aliphatic rings. The van der Waals surface area contributed by atoms with E-state index >= 15 is 0 Å². The maximum absolute atomic E-state index is 5.92. The van der Waals surface area contributed by atoms with E-state index in [1.54, 1.807) is 0 Å². The van der Waals surface area contributed by atoms with Gasteiger partial charge in [0.2, 0.25) is 0 Å². The second kappa shape index (κ2) is 4.77. The van der Waals surface area contributed by atoms with Crippen LogP contribution in [0.4, 0.5) is 0 Å². The van der Waals surface area contributed by atoms with Crippen molar-refractivity contribution in [2.75, 3.05) is 20.2 Å². The summed E-state index contributed by atoms with van der Waals surface area (Å²) < 4.78 is 5.92. The fourth-order valence-corrected chi connectivity index (χ4v) is 4.27. The fourth-order valence-electron chi connectivity index (χ4n) is 4.27. The Bertz CT molecular complexity index is 293. The molecule has 2 saturated carbocycles. The number of nitrogens with zero attached hydrogens (tertiary/aromatic N) is 1. The Kier molecular flexibility index (Phi) is 3.41. The number of hydrogen-bond donors (Lipinski definition) is 1. The molecule has 0 aromatic rings. The van der Waals surface area contributed by atoms with Gasteiger partial charge in [-0.15, -0.1) is 0 Å². The van der Waals surface area contributed by atoms with Crippen LogP contribution >= 0.6 is 0 Å². The summed E-state index contributed by atoms with van der Waals surface area (Å²) in [7, 11) is 2.25. The Hall–Kier alpha value is -0.120. The number of likely N-dealkylation sites (tertiary alicyclic amines) is 1. The summed E-state index contributed by atoms with van der Waals surface area (Å²) in [6.45, 7) is 6.56. The molecule has 0 amide bonds. The summed E-state index contributed by atoms with van der Waals surface area (Å²) >= 11 is 0. The molecule has 4 atom stereocenters. The molecule has 0 aromatic heterocycles. The molecule has 0 radical (unpaired) electrons. The van der Waals surface area contributed by atoms with Crippen LogP contribution < -0.4 is 5.32 Å². The van der Waals surface area contributed by atoms with Gasteiger partial charge in [-0.1, -0.05) is 6.42 Å². The molecule has 3 rings (SSSR count). The van der Waals surface area contributed by atoms with Crippen molar-refractivity contribution in [2.24, 2.45) is 5.41 Å². The van der Waals surface area contributed by atoms with E-state index in [4.69, 9.17) is 4.74 Å². The van der Waals surface area contributed by atoms with Crippen molar-refractivity contribution >= 4 is 0 Å². The molecular weight excluding hydrogens is 224 g/mol. The summed E-state index contributed by atoms with van der Waals surface area (Å²) in [6.07, 6.45) is 7.26. The molecule has 1 spiro atoms. The summed E-state index contributed by atoms with van der Waals surface area (Å²) in [5, 5.41) is 3.94. The highest BCUT2D eigenvalue weighted by molar-refractivity contribution is 5.13. The van der Waals surface area contributed by atoms with Gasteiger partial charge >= 0.3 is 0 Å². The van der Waals surface area contributed by atoms with Crippen LogP contribution in [0.3, 0.4) is 0 Å². The molecule has 104 valence electrons. The third-order valence-corrected chi connectivity index (χ3v) is 5.76. The molecule has 0 aromatic carbocycles. The predicted octanol–water partition coefficient (Wildman–Crippen LogP) is 2.02. The summed E-state index contributed by atoms with van der Waals surface area (Å²) in [4.78, 5) is 2.48. The van der Waals surface area contributed by atoms with Gasteiger partial charge in [0.05, 0.1) is 6.10 Å². The number of rotatable bonds is 4. The van der Waals surface area contributed by atoms with Gasteiger partial charge < -0.3 is 15.0 Å². The van der Waals surface area contributed by atoms with Crippen molar-refractivity contribution in [3.8, 4) is 0 Å². The van der Waals surface area contributed by atoms with Crippen molar-refractivity contribution in [1.82, 2.24) is 10.2 Å². The van der Waals surface area contributed by atoms with E-state index in [0.29, 0.717) is 17.6 Å². The quantitative estimate of drug-likeness (QED) is 0.828. The molecule has 1 N–H and O–H groups in total. The maximum Gasteiger partial charge on any atom is 0.0661 e. The van der Waals surface area contributed by atoms with Crippen molar-refractivity contribution in [2.45, 2.75) is 70.2 Å². The first kappa shape index (κ1) is 12.9. The minimum atomic E-state index is 0.514. The van der Waals surface area contributed by atoms with Gasteiger partial charge in [-0.3, -0.25) is 0 Å². The summed E-state index contributed by atoms with van der Waals surface area (Å²) in [5.41, 5.74) is 0.514. The first-order chi connectivity index (χ1) is 8.65. The van der Waals surface area contributed by atoms with Gasteiger partial charge in [-0.25, -0.2) is 0 Å². The zero-order chi connectivity index (χ0) is 12.8. The summed E-state index contributed by atoms with van der Waals surface area (Å²) in [6, 6.07) is 2.17. The molecule has 18 heavy (non-hydrogen) atoms. The van der Waals surface area contributed by atoms with Crippen LogP contribution in [0.5, 0.6) is 0 Å². The van der Waals surface area contributed by atoms with Gasteiger partial charge in [0.1, 0.15) is 0 Å². The molecule has 1 saturated heterocycles. The first-order valence-electron chi connectivity index (χ1n) is 7.73. The average Bonchev–Trinajstić information content (AvgIpc) is 2.54. The van der Waals surface area contributed by atoms with Crippen molar-refractivity contribution < 1.29 is 4.74 Å². The SMILES string of the molecule is CCO[C@@H]1C[C@H](N[C@H]2C[C@H](C)N(C)C2)C12CCC2. The van der Waals surface area contributed by atoms with E-state index in [9.17, 15) is 0 Å². The zero-order valence-corrected chi connectivity index (χ0v) is 12.1. The van der Waals surface area contributed by atoms with Crippen molar-refractivity contribution in [3.05, 3.63) is 0 Å². The minimum absolute atomic E-state index is 0.514. The topological polar surface area (TPSA) is 24.5 Å². The third kappa shape index (κ3) is 1.91.